The predicted molar refractivity (Wildman–Crippen MR) is 72.8 cm³/mol. The van der Waals surface area contributed by atoms with Crippen molar-refractivity contribution in [1.82, 2.24) is 0 Å². The molecular formula is C13H17NO2S. The van der Waals surface area contributed by atoms with Crippen LogP contribution in [0.4, 0.5) is 0 Å². The molecule has 0 aliphatic carbocycles. The van der Waals surface area contributed by atoms with Crippen LogP contribution >= 0.6 is 11.8 Å². The van der Waals surface area contributed by atoms with E-state index in [-0.39, 0.29) is 5.97 Å². The highest BCUT2D eigenvalue weighted by molar-refractivity contribution is 7.98. The number of hydrogen-bond acceptors (Lipinski definition) is 4. The van der Waals surface area contributed by atoms with E-state index in [2.05, 4.69) is 4.99 Å². The second-order valence-corrected chi connectivity index (χ2v) is 4.49. The molecule has 1 aromatic carbocycles. The van der Waals surface area contributed by atoms with Gasteiger partial charge in [-0.25, -0.2) is 4.79 Å². The molecule has 0 aromatic heterocycles. The molecule has 0 aliphatic rings. The lowest BCUT2D eigenvalue weighted by molar-refractivity contribution is -0.142. The first kappa shape index (κ1) is 13.8. The number of carbonyl (C=O) groups excluding carboxylic acids is 1. The van der Waals surface area contributed by atoms with E-state index in [1.165, 1.54) is 7.11 Å². The zero-order valence-electron chi connectivity index (χ0n) is 10.1. The number of rotatable bonds is 6. The number of nitrogens with zero attached hydrogens (tertiary/aromatic N) is 1. The topological polar surface area (TPSA) is 38.7 Å². The van der Waals surface area contributed by atoms with Gasteiger partial charge >= 0.3 is 5.97 Å². The molecule has 1 atom stereocenters. The SMILES string of the molecule is COC(=O)C(CCSC)N=Cc1ccccc1. The zero-order valence-corrected chi connectivity index (χ0v) is 10.9. The van der Waals surface area contributed by atoms with Crippen molar-refractivity contribution in [3.05, 3.63) is 35.9 Å². The molecule has 1 aromatic rings. The molecule has 0 amide bonds. The van der Waals surface area contributed by atoms with Gasteiger partial charge in [-0.1, -0.05) is 30.3 Å². The van der Waals surface area contributed by atoms with Crippen LogP contribution in [0.5, 0.6) is 0 Å². The van der Waals surface area contributed by atoms with Crippen molar-refractivity contribution in [2.45, 2.75) is 12.5 Å². The minimum absolute atomic E-state index is 0.272. The maximum Gasteiger partial charge on any atom is 0.330 e. The smallest absolute Gasteiger partial charge is 0.330 e. The van der Waals surface area contributed by atoms with Crippen molar-refractivity contribution in [2.24, 2.45) is 4.99 Å². The number of hydrogen-bond donors (Lipinski definition) is 0. The van der Waals surface area contributed by atoms with Gasteiger partial charge in [0.15, 0.2) is 0 Å². The predicted octanol–water partition coefficient (Wildman–Crippen LogP) is 2.40. The van der Waals surface area contributed by atoms with Gasteiger partial charge < -0.3 is 4.74 Å². The molecule has 0 spiro atoms. The Bertz CT molecular complexity index is 365. The number of aliphatic imine (C=N–C) groups is 1. The summed E-state index contributed by atoms with van der Waals surface area (Å²) in [6.07, 6.45) is 4.44. The van der Waals surface area contributed by atoms with E-state index in [0.29, 0.717) is 6.42 Å². The Kier molecular flexibility index (Phi) is 6.40. The highest BCUT2D eigenvalue weighted by Gasteiger charge is 2.16. The first-order valence-electron chi connectivity index (χ1n) is 5.43. The van der Waals surface area contributed by atoms with Crippen LogP contribution < -0.4 is 0 Å². The maximum absolute atomic E-state index is 11.5. The van der Waals surface area contributed by atoms with Crippen LogP contribution in [0.2, 0.25) is 0 Å². The Morgan fingerprint density at radius 2 is 2.18 bits per heavy atom. The van der Waals surface area contributed by atoms with E-state index in [1.807, 2.05) is 36.6 Å². The van der Waals surface area contributed by atoms with E-state index in [9.17, 15) is 4.79 Å². The normalized spacial score (nSPS) is 12.6. The van der Waals surface area contributed by atoms with Gasteiger partial charge in [0.2, 0.25) is 0 Å². The molecule has 0 heterocycles. The van der Waals surface area contributed by atoms with Crippen LogP contribution in [-0.2, 0) is 9.53 Å². The first-order valence-corrected chi connectivity index (χ1v) is 6.82. The molecule has 1 unspecified atom stereocenters. The number of ether oxygens (including phenoxy) is 1. The van der Waals surface area contributed by atoms with Gasteiger partial charge in [0.25, 0.3) is 0 Å². The lowest BCUT2D eigenvalue weighted by Crippen LogP contribution is -2.21. The van der Waals surface area contributed by atoms with Gasteiger partial charge in [-0.15, -0.1) is 0 Å². The number of methoxy groups -OCH3 is 1. The van der Waals surface area contributed by atoms with E-state index in [1.54, 1.807) is 18.0 Å². The van der Waals surface area contributed by atoms with Crippen LogP contribution in [-0.4, -0.2) is 37.3 Å². The van der Waals surface area contributed by atoms with Gasteiger partial charge in [-0.2, -0.15) is 11.8 Å². The van der Waals surface area contributed by atoms with Crippen molar-refractivity contribution in [3.63, 3.8) is 0 Å². The monoisotopic (exact) mass is 251 g/mol. The largest absolute Gasteiger partial charge is 0.467 e. The summed E-state index contributed by atoms with van der Waals surface area (Å²) in [5.74, 6) is 0.623. The van der Waals surface area contributed by atoms with Gasteiger partial charge in [-0.05, 0) is 24.0 Å². The molecule has 0 fully saturated rings. The highest BCUT2D eigenvalue weighted by Crippen LogP contribution is 2.06. The van der Waals surface area contributed by atoms with Crippen LogP contribution in [0.3, 0.4) is 0 Å². The average Bonchev–Trinajstić information content (AvgIpc) is 2.39. The first-order chi connectivity index (χ1) is 8.27. The van der Waals surface area contributed by atoms with Crippen molar-refractivity contribution in [1.29, 1.82) is 0 Å². The molecule has 17 heavy (non-hydrogen) atoms. The molecule has 0 radical (unpaired) electrons. The second-order valence-electron chi connectivity index (χ2n) is 3.51. The minimum atomic E-state index is -0.396. The molecule has 3 nitrogen and oxygen atoms in total. The Morgan fingerprint density at radius 1 is 1.47 bits per heavy atom. The third-order valence-corrected chi connectivity index (χ3v) is 2.92. The summed E-state index contributed by atoms with van der Waals surface area (Å²) in [6, 6.07) is 9.33. The van der Waals surface area contributed by atoms with E-state index >= 15 is 0 Å². The molecule has 1 rings (SSSR count). The molecule has 0 aliphatic heterocycles. The molecule has 0 bridgehead atoms. The van der Waals surface area contributed by atoms with Crippen LogP contribution in [0.15, 0.2) is 35.3 Å². The highest BCUT2D eigenvalue weighted by atomic mass is 32.2. The van der Waals surface area contributed by atoms with Gasteiger partial charge in [0, 0.05) is 6.21 Å². The summed E-state index contributed by atoms with van der Waals surface area (Å²) in [4.78, 5) is 15.8. The summed E-state index contributed by atoms with van der Waals surface area (Å²) in [5, 5.41) is 0. The average molecular weight is 251 g/mol. The Labute approximate surface area is 106 Å². The van der Waals surface area contributed by atoms with E-state index in [4.69, 9.17) is 4.74 Å². The van der Waals surface area contributed by atoms with Gasteiger partial charge in [-0.3, -0.25) is 4.99 Å². The number of carbonyl (C=O) groups is 1. The van der Waals surface area contributed by atoms with Crippen molar-refractivity contribution >= 4 is 23.9 Å². The summed E-state index contributed by atoms with van der Waals surface area (Å²) in [6.45, 7) is 0. The van der Waals surface area contributed by atoms with Crippen LogP contribution in [0.25, 0.3) is 0 Å². The van der Waals surface area contributed by atoms with Gasteiger partial charge in [0.1, 0.15) is 6.04 Å². The fraction of sp³-hybridized carbons (Fsp3) is 0.385. The van der Waals surface area contributed by atoms with Gasteiger partial charge in [0.05, 0.1) is 7.11 Å². The maximum atomic E-state index is 11.5. The molecule has 4 heteroatoms. The second kappa shape index (κ2) is 7.90. The summed E-state index contributed by atoms with van der Waals surface area (Å²) in [5.41, 5.74) is 0.991. The lowest BCUT2D eigenvalue weighted by atomic mass is 10.2. The van der Waals surface area contributed by atoms with E-state index < -0.39 is 6.04 Å². The third-order valence-electron chi connectivity index (χ3n) is 2.27. The van der Waals surface area contributed by atoms with Crippen LogP contribution in [0.1, 0.15) is 12.0 Å². The Hall–Kier alpha value is -1.29. The standard InChI is InChI=1S/C13H17NO2S/c1-16-13(15)12(8-9-17-2)14-10-11-6-4-3-5-7-11/h3-7,10,12H,8-9H2,1-2H3. The van der Waals surface area contributed by atoms with Crippen molar-refractivity contribution in [2.75, 3.05) is 19.1 Å². The fourth-order valence-corrected chi connectivity index (χ4v) is 1.79. The fourth-order valence-electron chi connectivity index (χ4n) is 1.33. The molecule has 0 saturated heterocycles. The van der Waals surface area contributed by atoms with Crippen molar-refractivity contribution in [3.8, 4) is 0 Å². The molecule has 0 N–H and O–H groups in total. The Balaban J connectivity index is 2.65. The molecular weight excluding hydrogens is 234 g/mol. The summed E-state index contributed by atoms with van der Waals surface area (Å²) in [7, 11) is 1.40. The lowest BCUT2D eigenvalue weighted by Gasteiger charge is -2.08. The van der Waals surface area contributed by atoms with E-state index in [0.717, 1.165) is 11.3 Å². The minimum Gasteiger partial charge on any atom is -0.467 e. The number of benzene rings is 1. The third kappa shape index (κ3) is 5.04. The molecule has 92 valence electrons. The zero-order chi connectivity index (χ0) is 12.5. The number of thioether (sulfide) groups is 1. The number of esters is 1. The summed E-state index contributed by atoms with van der Waals surface area (Å²) < 4.78 is 4.74. The Morgan fingerprint density at radius 3 is 2.76 bits per heavy atom. The quantitative estimate of drug-likeness (QED) is 0.575. The van der Waals surface area contributed by atoms with Crippen molar-refractivity contribution < 1.29 is 9.53 Å². The summed E-state index contributed by atoms with van der Waals surface area (Å²) >= 11 is 1.70. The molecule has 0 saturated carbocycles. The van der Waals surface area contributed by atoms with Crippen LogP contribution in [0, 0.1) is 0 Å².